The second-order valence-corrected chi connectivity index (χ2v) is 7.50. The smallest absolute Gasteiger partial charge is 0.250 e. The molecule has 3 rings (SSSR count). The lowest BCUT2D eigenvalue weighted by atomic mass is 10.2. The summed E-state index contributed by atoms with van der Waals surface area (Å²) in [4.78, 5) is 16.4. The van der Waals surface area contributed by atoms with Crippen LogP contribution in [0.15, 0.2) is 42.5 Å². The van der Waals surface area contributed by atoms with E-state index in [4.69, 9.17) is 40.2 Å². The molecule has 0 radical (unpaired) electrons. The highest BCUT2D eigenvalue weighted by molar-refractivity contribution is 7.80. The third kappa shape index (κ3) is 4.95. The third-order valence-electron chi connectivity index (χ3n) is 3.45. The lowest BCUT2D eigenvalue weighted by Gasteiger charge is -2.04. The summed E-state index contributed by atoms with van der Waals surface area (Å²) in [5, 5.41) is 6.91. The standard InChI is InChI=1S/C18H13Cl2N3O2S2/c1-25-11-5-2-10(3-6-11)4-9-14(24)21-17(26)23-18-22-16-13(27-18)8-7-12(19)15(16)20/h2-9H,1H3,(H2,21,22,23,24,26)/b9-4+. The number of ether oxygens (including phenoxy) is 1. The second-order valence-electron chi connectivity index (χ2n) is 5.28. The van der Waals surface area contributed by atoms with Gasteiger partial charge in [0.25, 0.3) is 0 Å². The van der Waals surface area contributed by atoms with Crippen LogP contribution in [-0.4, -0.2) is 23.1 Å². The Morgan fingerprint density at radius 1 is 1.22 bits per heavy atom. The van der Waals surface area contributed by atoms with Gasteiger partial charge in [0.2, 0.25) is 5.91 Å². The molecule has 0 fully saturated rings. The number of thiocarbonyl (C=S) groups is 1. The number of anilines is 1. The van der Waals surface area contributed by atoms with Crippen molar-refractivity contribution in [2.45, 2.75) is 0 Å². The molecule has 1 amide bonds. The predicted molar refractivity (Wildman–Crippen MR) is 116 cm³/mol. The Labute approximate surface area is 175 Å². The van der Waals surface area contributed by atoms with Crippen LogP contribution in [0.3, 0.4) is 0 Å². The summed E-state index contributed by atoms with van der Waals surface area (Å²) in [5.74, 6) is 0.393. The first kappa shape index (κ1) is 19.6. The number of aromatic nitrogens is 1. The molecule has 5 nitrogen and oxygen atoms in total. The minimum Gasteiger partial charge on any atom is -0.497 e. The van der Waals surface area contributed by atoms with Gasteiger partial charge < -0.3 is 10.1 Å². The number of rotatable bonds is 4. The molecule has 0 atom stereocenters. The van der Waals surface area contributed by atoms with Crippen molar-refractivity contribution in [2.75, 3.05) is 12.4 Å². The monoisotopic (exact) mass is 437 g/mol. The third-order valence-corrected chi connectivity index (χ3v) is 5.39. The second kappa shape index (κ2) is 8.67. The van der Waals surface area contributed by atoms with Gasteiger partial charge in [-0.25, -0.2) is 4.98 Å². The molecule has 0 unspecified atom stereocenters. The van der Waals surface area contributed by atoms with Crippen LogP contribution < -0.4 is 15.4 Å². The molecule has 1 heterocycles. The van der Waals surface area contributed by atoms with Crippen LogP contribution in [0.4, 0.5) is 5.13 Å². The van der Waals surface area contributed by atoms with Crippen LogP contribution in [-0.2, 0) is 4.79 Å². The van der Waals surface area contributed by atoms with E-state index in [0.717, 1.165) is 16.0 Å². The van der Waals surface area contributed by atoms with Gasteiger partial charge in [0.15, 0.2) is 10.2 Å². The van der Waals surface area contributed by atoms with Gasteiger partial charge in [0.05, 0.1) is 21.9 Å². The van der Waals surface area contributed by atoms with E-state index in [1.165, 1.54) is 17.4 Å². The molecule has 0 aliphatic carbocycles. The average Bonchev–Trinajstić information content (AvgIpc) is 3.06. The summed E-state index contributed by atoms with van der Waals surface area (Å²) < 4.78 is 5.95. The minimum atomic E-state index is -0.356. The van der Waals surface area contributed by atoms with Crippen LogP contribution in [0, 0.1) is 0 Å². The summed E-state index contributed by atoms with van der Waals surface area (Å²) in [5.41, 5.74) is 1.45. The first-order chi connectivity index (χ1) is 13.0. The van der Waals surface area contributed by atoms with Crippen LogP contribution in [0.2, 0.25) is 10.0 Å². The van der Waals surface area contributed by atoms with Crippen molar-refractivity contribution in [2.24, 2.45) is 0 Å². The highest BCUT2D eigenvalue weighted by Crippen LogP contribution is 2.35. The number of nitrogens with one attached hydrogen (secondary N) is 2. The van der Waals surface area contributed by atoms with Gasteiger partial charge in [-0.15, -0.1) is 0 Å². The topological polar surface area (TPSA) is 63.2 Å². The first-order valence-electron chi connectivity index (χ1n) is 7.65. The SMILES string of the molecule is COc1ccc(/C=C/C(=O)NC(=S)Nc2nc3c(Cl)c(Cl)ccc3s2)cc1. The molecule has 0 bridgehead atoms. The fraction of sp³-hybridized carbons (Fsp3) is 0.0556. The van der Waals surface area contributed by atoms with Crippen molar-refractivity contribution in [1.29, 1.82) is 0 Å². The number of carbonyl (C=O) groups excluding carboxylic acids is 1. The number of methoxy groups -OCH3 is 1. The highest BCUT2D eigenvalue weighted by atomic mass is 35.5. The quantitative estimate of drug-likeness (QED) is 0.437. The molecule has 0 saturated heterocycles. The van der Waals surface area contributed by atoms with Gasteiger partial charge in [-0.05, 0) is 48.1 Å². The van der Waals surface area contributed by atoms with Crippen LogP contribution in [0.5, 0.6) is 5.75 Å². The zero-order valence-corrected chi connectivity index (χ0v) is 17.1. The number of hydrogen-bond donors (Lipinski definition) is 2. The Morgan fingerprint density at radius 2 is 1.96 bits per heavy atom. The molecule has 0 spiro atoms. The number of benzene rings is 2. The molecule has 138 valence electrons. The summed E-state index contributed by atoms with van der Waals surface area (Å²) in [6.45, 7) is 0. The van der Waals surface area contributed by atoms with Crippen molar-refractivity contribution < 1.29 is 9.53 Å². The number of carbonyl (C=O) groups is 1. The predicted octanol–water partition coefficient (Wildman–Crippen LogP) is 5.14. The Kier molecular flexibility index (Phi) is 6.28. The lowest BCUT2D eigenvalue weighted by molar-refractivity contribution is -0.115. The van der Waals surface area contributed by atoms with Crippen molar-refractivity contribution >= 4 is 79.2 Å². The Hall–Kier alpha value is -2.19. The highest BCUT2D eigenvalue weighted by Gasteiger charge is 2.11. The molecule has 2 N–H and O–H groups in total. The molecule has 0 aliphatic rings. The van der Waals surface area contributed by atoms with E-state index in [1.54, 1.807) is 19.3 Å². The van der Waals surface area contributed by atoms with Gasteiger partial charge in [0, 0.05) is 6.08 Å². The normalized spacial score (nSPS) is 10.9. The lowest BCUT2D eigenvalue weighted by Crippen LogP contribution is -2.32. The van der Waals surface area contributed by atoms with Gasteiger partial charge in [-0.1, -0.05) is 46.7 Å². The summed E-state index contributed by atoms with van der Waals surface area (Å²) >= 11 is 18.6. The molecule has 1 aromatic heterocycles. The van der Waals surface area contributed by atoms with E-state index in [2.05, 4.69) is 15.6 Å². The number of fused-ring (bicyclic) bond motifs is 1. The average molecular weight is 438 g/mol. The Morgan fingerprint density at radius 3 is 2.67 bits per heavy atom. The van der Waals surface area contributed by atoms with Gasteiger partial charge >= 0.3 is 0 Å². The molecule has 3 aromatic rings. The van der Waals surface area contributed by atoms with E-state index in [9.17, 15) is 4.79 Å². The van der Waals surface area contributed by atoms with Crippen molar-refractivity contribution in [3.63, 3.8) is 0 Å². The Bertz CT molecular complexity index is 1030. The van der Waals surface area contributed by atoms with Crippen LogP contribution >= 0.6 is 46.8 Å². The van der Waals surface area contributed by atoms with Crippen molar-refractivity contribution in [3.8, 4) is 5.75 Å². The van der Waals surface area contributed by atoms with Crippen molar-refractivity contribution in [1.82, 2.24) is 10.3 Å². The molecular weight excluding hydrogens is 425 g/mol. The number of amides is 1. The van der Waals surface area contributed by atoms with Gasteiger partial charge in [-0.3, -0.25) is 10.1 Å². The first-order valence-corrected chi connectivity index (χ1v) is 9.63. The fourth-order valence-electron chi connectivity index (χ4n) is 2.16. The summed E-state index contributed by atoms with van der Waals surface area (Å²) in [6, 6.07) is 10.8. The molecule has 9 heteroatoms. The van der Waals surface area contributed by atoms with E-state index < -0.39 is 0 Å². The number of hydrogen-bond acceptors (Lipinski definition) is 5. The molecule has 2 aromatic carbocycles. The van der Waals surface area contributed by atoms with E-state index in [1.807, 2.05) is 30.3 Å². The van der Waals surface area contributed by atoms with E-state index in [-0.39, 0.29) is 11.0 Å². The number of halogens is 2. The van der Waals surface area contributed by atoms with Gasteiger partial charge in [-0.2, -0.15) is 0 Å². The van der Waals surface area contributed by atoms with Crippen molar-refractivity contribution in [3.05, 3.63) is 58.1 Å². The number of thiazole rings is 1. The van der Waals surface area contributed by atoms with Crippen LogP contribution in [0.1, 0.15) is 5.56 Å². The summed E-state index contributed by atoms with van der Waals surface area (Å²) in [6.07, 6.45) is 3.07. The van der Waals surface area contributed by atoms with Crippen LogP contribution in [0.25, 0.3) is 16.3 Å². The van der Waals surface area contributed by atoms with Gasteiger partial charge in [0.1, 0.15) is 11.3 Å². The maximum atomic E-state index is 12.0. The van der Waals surface area contributed by atoms with E-state index in [0.29, 0.717) is 20.7 Å². The largest absolute Gasteiger partial charge is 0.497 e. The maximum Gasteiger partial charge on any atom is 0.250 e. The van der Waals surface area contributed by atoms with E-state index >= 15 is 0 Å². The number of nitrogens with zero attached hydrogens (tertiary/aromatic N) is 1. The fourth-order valence-corrected chi connectivity index (χ4v) is 3.72. The maximum absolute atomic E-state index is 12.0. The minimum absolute atomic E-state index is 0.139. The summed E-state index contributed by atoms with van der Waals surface area (Å²) in [7, 11) is 1.60. The zero-order chi connectivity index (χ0) is 19.4. The molecule has 0 aliphatic heterocycles. The Balaban J connectivity index is 1.60. The zero-order valence-electron chi connectivity index (χ0n) is 14.0. The molecule has 0 saturated carbocycles. The molecular formula is C18H13Cl2N3O2S2. The molecule has 27 heavy (non-hydrogen) atoms.